The summed E-state index contributed by atoms with van der Waals surface area (Å²) in [4.78, 5) is 38.5. The van der Waals surface area contributed by atoms with Crippen LogP contribution in [-0.2, 0) is 28.6 Å². The number of ether oxygens (including phenoxy) is 3. The maximum atomic E-state index is 13.0. The third-order valence-electron chi connectivity index (χ3n) is 15.0. The van der Waals surface area contributed by atoms with Gasteiger partial charge in [0.05, 0.1) is 0 Å². The van der Waals surface area contributed by atoms with Crippen LogP contribution in [0.2, 0.25) is 0 Å². The summed E-state index contributed by atoms with van der Waals surface area (Å²) in [6.07, 6.45) is 92.7. The van der Waals surface area contributed by atoms with Crippen LogP contribution in [0.3, 0.4) is 0 Å². The Kier molecular flexibility index (Phi) is 65.7. The van der Waals surface area contributed by atoms with Gasteiger partial charge in [-0.15, -0.1) is 0 Å². The maximum absolute atomic E-state index is 13.0. The Balaban J connectivity index is 4.43. The van der Waals surface area contributed by atoms with Crippen molar-refractivity contribution in [1.29, 1.82) is 0 Å². The van der Waals surface area contributed by atoms with Gasteiger partial charge >= 0.3 is 17.9 Å². The van der Waals surface area contributed by atoms with Gasteiger partial charge in [-0.25, -0.2) is 0 Å². The predicted octanol–water partition coefficient (Wildman–Crippen LogP) is 24.0. The van der Waals surface area contributed by atoms with Crippen LogP contribution in [0.4, 0.5) is 0 Å². The van der Waals surface area contributed by atoms with Crippen LogP contribution in [0.15, 0.2) is 97.2 Å². The first-order chi connectivity index (χ1) is 40.0. The summed E-state index contributed by atoms with van der Waals surface area (Å²) in [7, 11) is 0. The van der Waals surface area contributed by atoms with E-state index >= 15 is 0 Å². The molecule has 0 N–H and O–H groups in total. The highest BCUT2D eigenvalue weighted by Gasteiger charge is 2.19. The number of carbonyl (C=O) groups is 3. The number of allylic oxidation sites excluding steroid dienone is 16. The molecule has 0 aromatic rings. The summed E-state index contributed by atoms with van der Waals surface area (Å²) in [5.41, 5.74) is 0. The third-order valence-corrected chi connectivity index (χ3v) is 15.0. The van der Waals surface area contributed by atoms with Crippen molar-refractivity contribution in [2.45, 2.75) is 348 Å². The minimum Gasteiger partial charge on any atom is -0.462 e. The molecule has 0 aromatic heterocycles. The van der Waals surface area contributed by atoms with E-state index in [0.29, 0.717) is 19.3 Å². The van der Waals surface area contributed by atoms with Crippen molar-refractivity contribution in [3.05, 3.63) is 97.2 Å². The number of unbranched alkanes of at least 4 members (excludes halogenated alkanes) is 36. The molecule has 0 aromatic carbocycles. The Morgan fingerprint density at radius 3 is 0.716 bits per heavy atom. The molecule has 1 atom stereocenters. The second-order valence-corrected chi connectivity index (χ2v) is 23.1. The molecular weight excluding hydrogens is 997 g/mol. The normalized spacial score (nSPS) is 12.7. The Morgan fingerprint density at radius 1 is 0.247 bits per heavy atom. The fourth-order valence-corrected chi connectivity index (χ4v) is 9.78. The molecule has 0 bridgehead atoms. The van der Waals surface area contributed by atoms with Gasteiger partial charge in [-0.05, 0) is 128 Å². The molecule has 466 valence electrons. The molecular formula is C75H130O6. The predicted molar refractivity (Wildman–Crippen MR) is 353 cm³/mol. The van der Waals surface area contributed by atoms with Crippen LogP contribution in [-0.4, -0.2) is 37.2 Å². The Labute approximate surface area is 502 Å². The number of hydrogen-bond acceptors (Lipinski definition) is 6. The highest BCUT2D eigenvalue weighted by atomic mass is 16.6. The zero-order valence-electron chi connectivity index (χ0n) is 53.5. The van der Waals surface area contributed by atoms with Crippen molar-refractivity contribution < 1.29 is 28.6 Å². The molecule has 0 spiro atoms. The molecule has 0 rings (SSSR count). The maximum Gasteiger partial charge on any atom is 0.306 e. The van der Waals surface area contributed by atoms with Crippen LogP contribution in [0.5, 0.6) is 0 Å². The molecule has 0 saturated carbocycles. The second-order valence-electron chi connectivity index (χ2n) is 23.1. The smallest absolute Gasteiger partial charge is 0.306 e. The molecule has 1 unspecified atom stereocenters. The van der Waals surface area contributed by atoms with E-state index in [1.807, 2.05) is 0 Å². The first-order valence-electron chi connectivity index (χ1n) is 34.7. The first-order valence-corrected chi connectivity index (χ1v) is 34.7. The zero-order valence-corrected chi connectivity index (χ0v) is 53.5. The van der Waals surface area contributed by atoms with E-state index in [9.17, 15) is 14.4 Å². The quantitative estimate of drug-likeness (QED) is 0.0261. The van der Waals surface area contributed by atoms with Crippen LogP contribution >= 0.6 is 0 Å². The van der Waals surface area contributed by atoms with E-state index in [-0.39, 0.29) is 31.1 Å². The van der Waals surface area contributed by atoms with E-state index < -0.39 is 6.10 Å². The zero-order chi connectivity index (χ0) is 58.5. The van der Waals surface area contributed by atoms with Crippen LogP contribution in [0.1, 0.15) is 342 Å². The topological polar surface area (TPSA) is 78.9 Å². The molecule has 0 saturated heterocycles. The van der Waals surface area contributed by atoms with Crippen LogP contribution < -0.4 is 0 Å². The second kappa shape index (κ2) is 68.8. The molecule has 0 aliphatic heterocycles. The van der Waals surface area contributed by atoms with Gasteiger partial charge in [0.1, 0.15) is 13.2 Å². The van der Waals surface area contributed by atoms with Crippen molar-refractivity contribution >= 4 is 17.9 Å². The fourth-order valence-electron chi connectivity index (χ4n) is 9.78. The molecule has 0 aliphatic carbocycles. The van der Waals surface area contributed by atoms with Gasteiger partial charge in [-0.2, -0.15) is 0 Å². The lowest BCUT2D eigenvalue weighted by Gasteiger charge is -2.18. The molecule has 6 heteroatoms. The monoisotopic (exact) mass is 1130 g/mol. The summed E-state index contributed by atoms with van der Waals surface area (Å²) in [5, 5.41) is 0. The van der Waals surface area contributed by atoms with Gasteiger partial charge in [-0.1, -0.05) is 291 Å². The van der Waals surface area contributed by atoms with Crippen molar-refractivity contribution in [3.8, 4) is 0 Å². The Morgan fingerprint density at radius 2 is 0.444 bits per heavy atom. The SMILES string of the molecule is CCCCC/C=C\C/C=C\CCCCCCCCCCCC(=O)OCC(COC(=O)CCCCCCCCCC/C=C\C/C=C\C/C=C\CCCCCCC)OC(=O)CCCCCCCC/C=C\C/C=C\C/C=C\CCCCCCC. The summed E-state index contributed by atoms with van der Waals surface area (Å²) < 4.78 is 17.0. The fraction of sp³-hybridized carbons (Fsp3) is 0.747. The minimum absolute atomic E-state index is 0.0870. The van der Waals surface area contributed by atoms with Gasteiger partial charge in [0.25, 0.3) is 0 Å². The molecule has 0 fully saturated rings. The molecule has 0 amide bonds. The lowest BCUT2D eigenvalue weighted by atomic mass is 10.1. The Hall–Kier alpha value is -3.67. The number of rotatable bonds is 63. The summed E-state index contributed by atoms with van der Waals surface area (Å²) in [5.74, 6) is -0.897. The van der Waals surface area contributed by atoms with Gasteiger partial charge in [0.15, 0.2) is 6.10 Å². The highest BCUT2D eigenvalue weighted by Crippen LogP contribution is 2.16. The van der Waals surface area contributed by atoms with Crippen LogP contribution in [0, 0.1) is 0 Å². The molecule has 81 heavy (non-hydrogen) atoms. The van der Waals surface area contributed by atoms with Gasteiger partial charge in [0, 0.05) is 19.3 Å². The number of esters is 3. The van der Waals surface area contributed by atoms with Crippen molar-refractivity contribution in [2.75, 3.05) is 13.2 Å². The van der Waals surface area contributed by atoms with E-state index in [1.165, 1.54) is 193 Å². The van der Waals surface area contributed by atoms with E-state index in [1.54, 1.807) is 0 Å². The Bertz CT molecular complexity index is 1580. The highest BCUT2D eigenvalue weighted by molar-refractivity contribution is 5.71. The van der Waals surface area contributed by atoms with Gasteiger partial charge in [0.2, 0.25) is 0 Å². The third kappa shape index (κ3) is 67.0. The lowest BCUT2D eigenvalue weighted by molar-refractivity contribution is -0.167. The molecule has 6 nitrogen and oxygen atoms in total. The van der Waals surface area contributed by atoms with Gasteiger partial charge < -0.3 is 14.2 Å². The lowest BCUT2D eigenvalue weighted by Crippen LogP contribution is -2.30. The number of carbonyl (C=O) groups excluding carboxylic acids is 3. The molecule has 0 aliphatic rings. The summed E-state index contributed by atoms with van der Waals surface area (Å²) >= 11 is 0. The average Bonchev–Trinajstić information content (AvgIpc) is 3.47. The van der Waals surface area contributed by atoms with E-state index in [2.05, 4.69) is 118 Å². The van der Waals surface area contributed by atoms with E-state index in [4.69, 9.17) is 14.2 Å². The molecule has 0 radical (unpaired) electrons. The van der Waals surface area contributed by atoms with Crippen molar-refractivity contribution in [2.24, 2.45) is 0 Å². The largest absolute Gasteiger partial charge is 0.462 e. The average molecular weight is 1130 g/mol. The minimum atomic E-state index is -0.793. The van der Waals surface area contributed by atoms with E-state index in [0.717, 1.165) is 109 Å². The summed E-state index contributed by atoms with van der Waals surface area (Å²) in [6.45, 7) is 6.61. The van der Waals surface area contributed by atoms with Crippen molar-refractivity contribution in [1.82, 2.24) is 0 Å². The molecule has 0 heterocycles. The first kappa shape index (κ1) is 77.3. The van der Waals surface area contributed by atoms with Gasteiger partial charge in [-0.3, -0.25) is 14.4 Å². The summed E-state index contributed by atoms with van der Waals surface area (Å²) in [6, 6.07) is 0. The number of hydrogen-bond donors (Lipinski definition) is 0. The van der Waals surface area contributed by atoms with Crippen molar-refractivity contribution in [3.63, 3.8) is 0 Å². The standard InChI is InChI=1S/C75H130O6/c1-4-7-10-13-16-19-22-25-28-31-34-36-37-39-41-44-47-50-53-56-59-62-65-68-74(77)80-71-72(70-79-73(76)67-64-61-58-55-52-49-46-43-40-33-30-27-24-21-18-15-12-9-6-3)81-75(78)69-66-63-60-57-54-51-48-45-42-38-35-32-29-26-23-20-17-14-11-8-5-2/h18,21-23,25-27,30-32,34-35,37,39,42,45,72H,4-17,19-20,24,28-29,33,36,38,40-41,43-44,46-71H2,1-3H3/b21-18-,25-22-,26-23-,30-27-,34-31-,35-32-,39-37-,45-42-. The van der Waals surface area contributed by atoms with Crippen LogP contribution in [0.25, 0.3) is 0 Å².